The summed E-state index contributed by atoms with van der Waals surface area (Å²) in [5, 5.41) is 7.12. The lowest BCUT2D eigenvalue weighted by Crippen LogP contribution is -2.33. The molecule has 7 heteroatoms. The number of thioether (sulfide) groups is 1. The van der Waals surface area contributed by atoms with Gasteiger partial charge in [0.15, 0.2) is 0 Å². The molecule has 0 radical (unpaired) electrons. The molecular weight excluding hydrogens is 329 g/mol. The smallest absolute Gasteiger partial charge is 0.266 e. The van der Waals surface area contributed by atoms with E-state index in [1.165, 1.54) is 34.6 Å². The highest BCUT2D eigenvalue weighted by Gasteiger charge is 2.25. The highest BCUT2D eigenvalue weighted by Crippen LogP contribution is 2.38. The zero-order valence-electron chi connectivity index (χ0n) is 13.1. The van der Waals surface area contributed by atoms with E-state index >= 15 is 0 Å². The Balaban J connectivity index is 1.44. The topological polar surface area (TPSA) is 64.0 Å². The van der Waals surface area contributed by atoms with Crippen molar-refractivity contribution >= 4 is 17.7 Å². The molecule has 1 saturated carbocycles. The van der Waals surface area contributed by atoms with Crippen molar-refractivity contribution in [1.29, 1.82) is 0 Å². The first-order valence-electron chi connectivity index (χ1n) is 7.85. The lowest BCUT2D eigenvalue weighted by molar-refractivity contribution is -0.118. The van der Waals surface area contributed by atoms with E-state index in [1.807, 2.05) is 0 Å². The third kappa shape index (κ3) is 4.67. The van der Waals surface area contributed by atoms with Crippen molar-refractivity contribution in [2.75, 3.05) is 12.3 Å². The monoisotopic (exact) mass is 347 g/mol. The molecule has 1 fully saturated rings. The summed E-state index contributed by atoms with van der Waals surface area (Å²) in [7, 11) is 0. The Hall–Kier alpha value is -2.15. The van der Waals surface area contributed by atoms with Crippen LogP contribution in [0.15, 0.2) is 46.1 Å². The van der Waals surface area contributed by atoms with Crippen molar-refractivity contribution in [2.24, 2.45) is 0 Å². The van der Waals surface area contributed by atoms with Crippen molar-refractivity contribution in [3.63, 3.8) is 0 Å². The van der Waals surface area contributed by atoms with Crippen LogP contribution in [0.5, 0.6) is 0 Å². The van der Waals surface area contributed by atoms with Crippen molar-refractivity contribution in [2.45, 2.75) is 30.2 Å². The first-order chi connectivity index (χ1) is 11.6. The Morgan fingerprint density at radius 2 is 2.00 bits per heavy atom. The summed E-state index contributed by atoms with van der Waals surface area (Å²) < 4.78 is 14.2. The van der Waals surface area contributed by atoms with Crippen LogP contribution in [-0.2, 0) is 11.3 Å². The molecule has 0 aliphatic heterocycles. The number of halogens is 1. The van der Waals surface area contributed by atoms with E-state index in [0.29, 0.717) is 19.0 Å². The molecule has 1 amide bonds. The lowest BCUT2D eigenvalue weighted by Gasteiger charge is -2.08. The fraction of sp³-hybridized carbons (Fsp3) is 0.353. The molecule has 0 saturated heterocycles. The van der Waals surface area contributed by atoms with E-state index in [9.17, 15) is 14.0 Å². The van der Waals surface area contributed by atoms with Gasteiger partial charge >= 0.3 is 0 Å². The third-order valence-corrected chi connectivity index (χ3v) is 4.72. The fourth-order valence-corrected chi connectivity index (χ4v) is 2.98. The number of nitrogens with one attached hydrogen (secondary N) is 1. The fourth-order valence-electron chi connectivity index (χ4n) is 2.25. The van der Waals surface area contributed by atoms with Crippen LogP contribution in [-0.4, -0.2) is 28.0 Å². The van der Waals surface area contributed by atoms with Gasteiger partial charge in [-0.25, -0.2) is 9.07 Å². The number of aromatic nitrogens is 2. The zero-order chi connectivity index (χ0) is 16.9. The van der Waals surface area contributed by atoms with E-state index in [2.05, 4.69) is 10.4 Å². The lowest BCUT2D eigenvalue weighted by atomic mass is 10.3. The molecule has 1 aliphatic carbocycles. The van der Waals surface area contributed by atoms with Gasteiger partial charge in [-0.1, -0.05) is 0 Å². The summed E-state index contributed by atoms with van der Waals surface area (Å²) in [6, 6.07) is 9.33. The van der Waals surface area contributed by atoms with Crippen molar-refractivity contribution in [3.05, 3.63) is 58.3 Å². The Morgan fingerprint density at radius 3 is 2.71 bits per heavy atom. The number of rotatable bonds is 7. The Bertz CT molecular complexity index is 772. The van der Waals surface area contributed by atoms with E-state index in [4.69, 9.17) is 0 Å². The predicted molar refractivity (Wildman–Crippen MR) is 90.6 cm³/mol. The molecule has 0 spiro atoms. The molecule has 1 heterocycles. The van der Waals surface area contributed by atoms with Crippen LogP contribution < -0.4 is 10.9 Å². The number of hydrogen-bond acceptors (Lipinski definition) is 4. The largest absolute Gasteiger partial charge is 0.354 e. The van der Waals surface area contributed by atoms with Crippen LogP contribution in [0.25, 0.3) is 0 Å². The van der Waals surface area contributed by atoms with Gasteiger partial charge in [0.05, 0.1) is 18.0 Å². The molecule has 5 nitrogen and oxygen atoms in total. The molecule has 2 aromatic rings. The molecule has 0 bridgehead atoms. The molecule has 1 aliphatic rings. The van der Waals surface area contributed by atoms with E-state index in [0.717, 1.165) is 23.4 Å². The Kier molecular flexibility index (Phi) is 5.30. The number of carbonyl (C=O) groups is 1. The van der Waals surface area contributed by atoms with Gasteiger partial charge in [0.2, 0.25) is 5.91 Å². The SMILES string of the molecule is O=C(CSc1ccc(F)cc1)NCCn1nc(C2CC2)ccc1=O. The minimum atomic E-state index is -0.296. The normalized spacial score (nSPS) is 13.7. The highest BCUT2D eigenvalue weighted by molar-refractivity contribution is 8.00. The summed E-state index contributed by atoms with van der Waals surface area (Å²) in [4.78, 5) is 24.4. The zero-order valence-corrected chi connectivity index (χ0v) is 13.9. The minimum absolute atomic E-state index is 0.129. The van der Waals surface area contributed by atoms with Gasteiger partial charge in [0.25, 0.3) is 5.56 Å². The molecular formula is C17H18FN3O2S. The average Bonchev–Trinajstić information content (AvgIpc) is 3.41. The second-order valence-electron chi connectivity index (χ2n) is 5.69. The Morgan fingerprint density at radius 1 is 1.25 bits per heavy atom. The van der Waals surface area contributed by atoms with Crippen LogP contribution in [0.4, 0.5) is 4.39 Å². The first kappa shape index (κ1) is 16.7. The quantitative estimate of drug-likeness (QED) is 0.780. The molecule has 0 atom stereocenters. The maximum Gasteiger partial charge on any atom is 0.266 e. The van der Waals surface area contributed by atoms with Crippen LogP contribution in [0.2, 0.25) is 0 Å². The van der Waals surface area contributed by atoms with Gasteiger partial charge in [-0.15, -0.1) is 11.8 Å². The average molecular weight is 347 g/mol. The van der Waals surface area contributed by atoms with Crippen LogP contribution in [0, 0.1) is 5.82 Å². The molecule has 0 unspecified atom stereocenters. The van der Waals surface area contributed by atoms with E-state index in [1.54, 1.807) is 18.2 Å². The van der Waals surface area contributed by atoms with Gasteiger partial charge in [-0.05, 0) is 43.2 Å². The summed E-state index contributed by atoms with van der Waals surface area (Å²) in [6.45, 7) is 0.705. The predicted octanol–water partition coefficient (Wildman–Crippen LogP) is 2.17. The second-order valence-corrected chi connectivity index (χ2v) is 6.74. The van der Waals surface area contributed by atoms with Gasteiger partial charge in [0, 0.05) is 23.4 Å². The summed E-state index contributed by atoms with van der Waals surface area (Å²) in [6.07, 6.45) is 2.26. The summed E-state index contributed by atoms with van der Waals surface area (Å²) in [5.41, 5.74) is 0.794. The number of amides is 1. The number of carbonyl (C=O) groups excluding carboxylic acids is 1. The Labute approximate surface area is 143 Å². The summed E-state index contributed by atoms with van der Waals surface area (Å²) >= 11 is 1.34. The highest BCUT2D eigenvalue weighted by atomic mass is 32.2. The molecule has 126 valence electrons. The summed E-state index contributed by atoms with van der Waals surface area (Å²) in [5.74, 6) is 0.306. The molecule has 1 aromatic carbocycles. The second kappa shape index (κ2) is 7.61. The number of hydrogen-bond donors (Lipinski definition) is 1. The van der Waals surface area contributed by atoms with Crippen LogP contribution >= 0.6 is 11.8 Å². The van der Waals surface area contributed by atoms with Crippen molar-refractivity contribution in [1.82, 2.24) is 15.1 Å². The van der Waals surface area contributed by atoms with E-state index < -0.39 is 0 Å². The van der Waals surface area contributed by atoms with Crippen LogP contribution in [0.3, 0.4) is 0 Å². The van der Waals surface area contributed by atoms with Gasteiger partial charge in [-0.3, -0.25) is 9.59 Å². The maximum absolute atomic E-state index is 12.8. The number of benzene rings is 1. The standard InChI is InChI=1S/C17H18FN3O2S/c18-13-3-5-14(6-4-13)24-11-16(22)19-9-10-21-17(23)8-7-15(20-21)12-1-2-12/h3-8,12H,1-2,9-11H2,(H,19,22). The van der Waals surface area contributed by atoms with Gasteiger partial charge in [-0.2, -0.15) is 5.10 Å². The number of nitrogens with zero attached hydrogens (tertiary/aromatic N) is 2. The maximum atomic E-state index is 12.8. The minimum Gasteiger partial charge on any atom is -0.354 e. The molecule has 1 N–H and O–H groups in total. The van der Waals surface area contributed by atoms with Crippen molar-refractivity contribution in [3.8, 4) is 0 Å². The van der Waals surface area contributed by atoms with Crippen molar-refractivity contribution < 1.29 is 9.18 Å². The third-order valence-electron chi connectivity index (χ3n) is 3.71. The molecule has 24 heavy (non-hydrogen) atoms. The van der Waals surface area contributed by atoms with E-state index in [-0.39, 0.29) is 23.0 Å². The van der Waals surface area contributed by atoms with Gasteiger partial charge < -0.3 is 5.32 Å². The molecule has 3 rings (SSSR count). The van der Waals surface area contributed by atoms with Crippen LogP contribution in [0.1, 0.15) is 24.5 Å². The van der Waals surface area contributed by atoms with Gasteiger partial charge in [0.1, 0.15) is 5.82 Å². The first-order valence-corrected chi connectivity index (χ1v) is 8.83. The molecule has 1 aromatic heterocycles.